The standard InChI is InChI=1S/C22H13ClF4N6O/c1-2-12-10-28-4-3-14(12)15-8-18(23)16(9-19(15)24)21(34)32-13-7-17(22(25,26)27)20(29-11-13)33-30-5-6-31-33/h2-11H,1H2,(H,32,34). The van der Waals surface area contributed by atoms with Gasteiger partial charge < -0.3 is 5.32 Å². The van der Waals surface area contributed by atoms with Crippen LogP contribution in [0.25, 0.3) is 23.0 Å². The highest BCUT2D eigenvalue weighted by molar-refractivity contribution is 6.34. The number of amides is 1. The molecule has 4 rings (SSSR count). The Morgan fingerprint density at radius 1 is 1.09 bits per heavy atom. The number of hydrogen-bond acceptors (Lipinski definition) is 5. The van der Waals surface area contributed by atoms with E-state index in [4.69, 9.17) is 11.6 Å². The minimum atomic E-state index is -4.81. The number of anilines is 1. The minimum Gasteiger partial charge on any atom is -0.321 e. The summed E-state index contributed by atoms with van der Waals surface area (Å²) in [7, 11) is 0. The van der Waals surface area contributed by atoms with Crippen LogP contribution in [0.2, 0.25) is 5.02 Å². The van der Waals surface area contributed by atoms with E-state index < -0.39 is 29.3 Å². The van der Waals surface area contributed by atoms with E-state index in [1.165, 1.54) is 36.9 Å². The number of nitrogens with one attached hydrogen (secondary N) is 1. The molecular weight excluding hydrogens is 476 g/mol. The lowest BCUT2D eigenvalue weighted by molar-refractivity contribution is -0.137. The van der Waals surface area contributed by atoms with Crippen molar-refractivity contribution < 1.29 is 22.4 Å². The summed E-state index contributed by atoms with van der Waals surface area (Å²) in [5, 5.41) is 9.46. The van der Waals surface area contributed by atoms with Gasteiger partial charge in [0.05, 0.1) is 34.9 Å². The number of pyridine rings is 2. The number of hydrogen-bond donors (Lipinski definition) is 1. The number of alkyl halides is 3. The Morgan fingerprint density at radius 3 is 2.50 bits per heavy atom. The second-order valence-corrected chi connectivity index (χ2v) is 7.25. The number of nitrogens with zero attached hydrogens (tertiary/aromatic N) is 5. The lowest BCUT2D eigenvalue weighted by Gasteiger charge is -2.14. The maximum atomic E-state index is 14.9. The molecule has 3 heterocycles. The topological polar surface area (TPSA) is 85.6 Å². The van der Waals surface area contributed by atoms with Crippen LogP contribution < -0.4 is 5.32 Å². The maximum absolute atomic E-state index is 14.9. The van der Waals surface area contributed by atoms with Crippen molar-refractivity contribution in [1.29, 1.82) is 0 Å². The fourth-order valence-electron chi connectivity index (χ4n) is 3.16. The van der Waals surface area contributed by atoms with Gasteiger partial charge in [-0.3, -0.25) is 9.78 Å². The summed E-state index contributed by atoms with van der Waals surface area (Å²) in [6, 6.07) is 4.39. The van der Waals surface area contributed by atoms with Gasteiger partial charge in [0.15, 0.2) is 5.82 Å². The van der Waals surface area contributed by atoms with Crippen LogP contribution >= 0.6 is 11.6 Å². The van der Waals surface area contributed by atoms with E-state index in [-0.39, 0.29) is 21.8 Å². The average Bonchev–Trinajstić information content (AvgIpc) is 3.34. The Hall–Kier alpha value is -4.12. The van der Waals surface area contributed by atoms with Crippen LogP contribution in [-0.2, 0) is 6.18 Å². The quantitative estimate of drug-likeness (QED) is 0.379. The number of carbonyl (C=O) groups is 1. The van der Waals surface area contributed by atoms with Gasteiger partial charge in [0.1, 0.15) is 11.4 Å². The molecule has 172 valence electrons. The third kappa shape index (κ3) is 4.50. The van der Waals surface area contributed by atoms with Crippen molar-refractivity contribution in [2.75, 3.05) is 5.32 Å². The van der Waals surface area contributed by atoms with Gasteiger partial charge >= 0.3 is 6.18 Å². The number of carbonyl (C=O) groups excluding carboxylic acids is 1. The largest absolute Gasteiger partial charge is 0.420 e. The molecule has 0 aliphatic carbocycles. The molecule has 0 saturated heterocycles. The van der Waals surface area contributed by atoms with Gasteiger partial charge in [0, 0.05) is 23.5 Å². The van der Waals surface area contributed by atoms with Crippen molar-refractivity contribution >= 4 is 29.3 Å². The fourth-order valence-corrected chi connectivity index (χ4v) is 3.41. The Morgan fingerprint density at radius 2 is 1.82 bits per heavy atom. The van der Waals surface area contributed by atoms with Crippen LogP contribution in [0.1, 0.15) is 21.5 Å². The summed E-state index contributed by atoms with van der Waals surface area (Å²) in [5.41, 5.74) is -0.620. The molecule has 1 aromatic carbocycles. The highest BCUT2D eigenvalue weighted by Crippen LogP contribution is 2.35. The van der Waals surface area contributed by atoms with Gasteiger partial charge in [-0.1, -0.05) is 24.3 Å². The summed E-state index contributed by atoms with van der Waals surface area (Å²) >= 11 is 6.22. The summed E-state index contributed by atoms with van der Waals surface area (Å²) in [5.74, 6) is -2.26. The third-order valence-electron chi connectivity index (χ3n) is 4.70. The van der Waals surface area contributed by atoms with Gasteiger partial charge in [-0.05, 0) is 29.8 Å². The van der Waals surface area contributed by atoms with E-state index in [2.05, 4.69) is 32.1 Å². The van der Waals surface area contributed by atoms with E-state index >= 15 is 0 Å². The summed E-state index contributed by atoms with van der Waals surface area (Å²) in [4.78, 5) is 21.1. The van der Waals surface area contributed by atoms with E-state index in [0.29, 0.717) is 22.0 Å². The molecule has 3 aromatic heterocycles. The molecule has 0 fully saturated rings. The summed E-state index contributed by atoms with van der Waals surface area (Å²) in [6.07, 6.45) is 3.02. The number of rotatable bonds is 5. The molecule has 12 heteroatoms. The number of aromatic nitrogens is 5. The predicted octanol–water partition coefficient (Wildman–Crippen LogP) is 5.43. The first-order valence-electron chi connectivity index (χ1n) is 9.50. The van der Waals surface area contributed by atoms with Crippen molar-refractivity contribution in [1.82, 2.24) is 25.0 Å². The molecule has 34 heavy (non-hydrogen) atoms. The van der Waals surface area contributed by atoms with Crippen molar-refractivity contribution in [3.05, 3.63) is 89.4 Å². The molecule has 0 unspecified atom stereocenters. The Labute approximate surface area is 194 Å². The molecule has 1 N–H and O–H groups in total. The first-order valence-corrected chi connectivity index (χ1v) is 9.88. The molecule has 1 amide bonds. The Bertz CT molecular complexity index is 1390. The SMILES string of the molecule is C=Cc1cnccc1-c1cc(Cl)c(C(=O)Nc2cnc(-n3nccn3)c(C(F)(F)F)c2)cc1F. The van der Waals surface area contributed by atoms with Crippen molar-refractivity contribution in [3.63, 3.8) is 0 Å². The van der Waals surface area contributed by atoms with Gasteiger partial charge in [-0.2, -0.15) is 23.4 Å². The van der Waals surface area contributed by atoms with Gasteiger partial charge in [-0.25, -0.2) is 9.37 Å². The number of benzene rings is 1. The molecule has 0 saturated carbocycles. The second kappa shape index (κ2) is 9.02. The average molecular weight is 489 g/mol. The van der Waals surface area contributed by atoms with Crippen LogP contribution in [0.3, 0.4) is 0 Å². The molecule has 0 atom stereocenters. The van der Waals surface area contributed by atoms with Crippen molar-refractivity contribution in [3.8, 4) is 16.9 Å². The van der Waals surface area contributed by atoms with Gasteiger partial charge in [0.25, 0.3) is 5.91 Å². The maximum Gasteiger partial charge on any atom is 0.420 e. The van der Waals surface area contributed by atoms with Crippen LogP contribution in [0.15, 0.2) is 61.8 Å². The molecule has 0 bridgehead atoms. The minimum absolute atomic E-state index is 0.107. The predicted molar refractivity (Wildman–Crippen MR) is 117 cm³/mol. The van der Waals surface area contributed by atoms with Crippen LogP contribution in [0.4, 0.5) is 23.2 Å². The molecule has 4 aromatic rings. The van der Waals surface area contributed by atoms with Crippen LogP contribution in [0.5, 0.6) is 0 Å². The van der Waals surface area contributed by atoms with Gasteiger partial charge in [0.2, 0.25) is 0 Å². The molecule has 0 spiro atoms. The zero-order chi connectivity index (χ0) is 24.5. The first kappa shape index (κ1) is 23.1. The summed E-state index contributed by atoms with van der Waals surface area (Å²) < 4.78 is 55.6. The van der Waals surface area contributed by atoms with Gasteiger partial charge in [-0.15, -0.1) is 4.80 Å². The normalized spacial score (nSPS) is 11.3. The van der Waals surface area contributed by atoms with E-state index in [1.807, 2.05) is 0 Å². The molecular formula is C22H13ClF4N6O. The Balaban J connectivity index is 1.67. The van der Waals surface area contributed by atoms with Crippen molar-refractivity contribution in [2.45, 2.75) is 6.18 Å². The zero-order valence-electron chi connectivity index (χ0n) is 17.0. The Kier molecular flexibility index (Phi) is 6.12. The number of halogens is 5. The smallest absolute Gasteiger partial charge is 0.321 e. The lowest BCUT2D eigenvalue weighted by Crippen LogP contribution is -2.17. The molecule has 7 nitrogen and oxygen atoms in total. The van der Waals surface area contributed by atoms with E-state index in [0.717, 1.165) is 12.3 Å². The molecule has 0 radical (unpaired) electrons. The summed E-state index contributed by atoms with van der Waals surface area (Å²) in [6.45, 7) is 3.65. The fraction of sp³-hybridized carbons (Fsp3) is 0.0455. The zero-order valence-corrected chi connectivity index (χ0v) is 17.8. The molecule has 0 aliphatic heterocycles. The highest BCUT2D eigenvalue weighted by atomic mass is 35.5. The van der Waals surface area contributed by atoms with E-state index in [1.54, 1.807) is 6.07 Å². The lowest BCUT2D eigenvalue weighted by atomic mass is 9.99. The molecule has 0 aliphatic rings. The first-order chi connectivity index (χ1) is 16.2. The van der Waals surface area contributed by atoms with Crippen LogP contribution in [0, 0.1) is 5.82 Å². The monoisotopic (exact) mass is 488 g/mol. The second-order valence-electron chi connectivity index (χ2n) is 6.84. The van der Waals surface area contributed by atoms with E-state index in [9.17, 15) is 22.4 Å². The van der Waals surface area contributed by atoms with Crippen LogP contribution in [-0.4, -0.2) is 30.9 Å². The van der Waals surface area contributed by atoms with Crippen molar-refractivity contribution in [2.24, 2.45) is 0 Å². The highest BCUT2D eigenvalue weighted by Gasteiger charge is 2.36. The third-order valence-corrected chi connectivity index (χ3v) is 5.01.